The van der Waals surface area contributed by atoms with Crippen molar-refractivity contribution in [3.63, 3.8) is 0 Å². The first-order chi connectivity index (χ1) is 24.7. The molecule has 5 nitrogen and oxygen atoms in total. The molecule has 1 aliphatic heterocycles. The minimum Gasteiger partial charge on any atom is -0.456 e. The Bertz CT molecular complexity index is 2770. The molecule has 0 saturated carbocycles. The van der Waals surface area contributed by atoms with Crippen molar-refractivity contribution in [2.75, 3.05) is 0 Å². The van der Waals surface area contributed by atoms with Crippen molar-refractivity contribution in [2.24, 2.45) is 9.98 Å². The van der Waals surface area contributed by atoms with E-state index >= 15 is 0 Å². The normalized spacial score (nSPS) is 14.6. The molecule has 0 fully saturated rings. The minimum atomic E-state index is -0.375. The summed E-state index contributed by atoms with van der Waals surface area (Å²) < 4.78 is 12.7. The average Bonchev–Trinajstić information content (AvgIpc) is 3.75. The molecule has 1 unspecified atom stereocenters. The highest BCUT2D eigenvalue weighted by molar-refractivity contribution is 6.15. The van der Waals surface area contributed by atoms with Crippen LogP contribution in [-0.2, 0) is 0 Å². The molecule has 9 aromatic rings. The van der Waals surface area contributed by atoms with E-state index in [0.29, 0.717) is 5.84 Å². The van der Waals surface area contributed by atoms with Gasteiger partial charge in [-0.2, -0.15) is 0 Å². The maximum Gasteiger partial charge on any atom is 0.159 e. The van der Waals surface area contributed by atoms with Crippen molar-refractivity contribution in [3.05, 3.63) is 180 Å². The third-order valence-corrected chi connectivity index (χ3v) is 9.56. The predicted octanol–water partition coefficient (Wildman–Crippen LogP) is 11.3. The van der Waals surface area contributed by atoms with Crippen molar-refractivity contribution in [2.45, 2.75) is 6.17 Å². The lowest BCUT2D eigenvalue weighted by Crippen LogP contribution is -2.33. The molecule has 1 aliphatic rings. The van der Waals surface area contributed by atoms with Crippen molar-refractivity contribution in [1.29, 1.82) is 0 Å². The topological polar surface area (TPSA) is 63.0 Å². The molecule has 0 amide bonds. The Morgan fingerprint density at radius 3 is 1.76 bits per heavy atom. The van der Waals surface area contributed by atoms with Crippen LogP contribution in [0.15, 0.2) is 183 Å². The largest absolute Gasteiger partial charge is 0.456 e. The molecule has 0 saturated heterocycles. The Kier molecular flexibility index (Phi) is 6.49. The van der Waals surface area contributed by atoms with Crippen LogP contribution in [0.5, 0.6) is 0 Å². The van der Waals surface area contributed by atoms with Crippen LogP contribution < -0.4 is 5.32 Å². The van der Waals surface area contributed by atoms with Crippen molar-refractivity contribution in [3.8, 4) is 22.3 Å². The van der Waals surface area contributed by atoms with Crippen LogP contribution in [0.3, 0.4) is 0 Å². The molecule has 0 aliphatic carbocycles. The van der Waals surface area contributed by atoms with Crippen LogP contribution in [0.1, 0.15) is 22.9 Å². The predicted molar refractivity (Wildman–Crippen MR) is 204 cm³/mol. The van der Waals surface area contributed by atoms with E-state index in [4.69, 9.17) is 18.8 Å². The van der Waals surface area contributed by atoms with Gasteiger partial charge in [0.25, 0.3) is 0 Å². The van der Waals surface area contributed by atoms with E-state index in [1.54, 1.807) is 0 Å². The number of nitrogens with one attached hydrogen (secondary N) is 1. The van der Waals surface area contributed by atoms with Crippen molar-refractivity contribution >= 4 is 55.5 Å². The lowest BCUT2D eigenvalue weighted by molar-refractivity contribution is 0.654. The molecule has 10 rings (SSSR count). The number of aliphatic imine (C=N–C) groups is 2. The van der Waals surface area contributed by atoms with Gasteiger partial charge in [-0.15, -0.1) is 0 Å². The van der Waals surface area contributed by atoms with Crippen LogP contribution in [0.4, 0.5) is 0 Å². The SMILES string of the molecule is c1ccc(C2=NC(c3ccc4c(c3)oc3ccc(-c5ccc(-c6ccccc6)cc5)cc34)NC(c3ccc4c(c3)oc3ccccc34)=N2)cc1. The monoisotopic (exact) mass is 643 g/mol. The summed E-state index contributed by atoms with van der Waals surface area (Å²) in [6.07, 6.45) is -0.375. The number of nitrogens with zero attached hydrogens (tertiary/aromatic N) is 2. The Labute approximate surface area is 287 Å². The molecule has 5 heteroatoms. The van der Waals surface area contributed by atoms with Gasteiger partial charge in [-0.3, -0.25) is 0 Å². The second kappa shape index (κ2) is 11.5. The number of fused-ring (bicyclic) bond motifs is 6. The Morgan fingerprint density at radius 2 is 0.960 bits per heavy atom. The molecule has 0 radical (unpaired) electrons. The van der Waals surface area contributed by atoms with Gasteiger partial charge < -0.3 is 14.2 Å². The third kappa shape index (κ3) is 4.87. The van der Waals surface area contributed by atoms with Gasteiger partial charge >= 0.3 is 0 Å². The quantitative estimate of drug-likeness (QED) is 0.203. The second-order valence-corrected chi connectivity index (χ2v) is 12.6. The van der Waals surface area contributed by atoms with Crippen LogP contribution in [-0.4, -0.2) is 11.7 Å². The Hall–Kier alpha value is -6.72. The van der Waals surface area contributed by atoms with E-state index < -0.39 is 0 Å². The van der Waals surface area contributed by atoms with E-state index in [0.717, 1.165) is 72.0 Å². The molecule has 0 spiro atoms. The third-order valence-electron chi connectivity index (χ3n) is 9.56. The molecular weight excluding hydrogens is 615 g/mol. The molecule has 2 aromatic heterocycles. The highest BCUT2D eigenvalue weighted by atomic mass is 16.3. The van der Waals surface area contributed by atoms with Crippen LogP contribution >= 0.6 is 0 Å². The van der Waals surface area contributed by atoms with Gasteiger partial charge in [0, 0.05) is 38.2 Å². The molecule has 7 aromatic carbocycles. The number of benzene rings is 7. The van der Waals surface area contributed by atoms with E-state index in [1.807, 2.05) is 54.6 Å². The summed E-state index contributed by atoms with van der Waals surface area (Å²) in [5, 5.41) is 7.94. The highest BCUT2D eigenvalue weighted by Crippen LogP contribution is 2.36. The van der Waals surface area contributed by atoms with E-state index in [9.17, 15) is 0 Å². The van der Waals surface area contributed by atoms with Gasteiger partial charge in [0.05, 0.1) is 0 Å². The van der Waals surface area contributed by atoms with Gasteiger partial charge in [-0.25, -0.2) is 9.98 Å². The second-order valence-electron chi connectivity index (χ2n) is 12.6. The van der Waals surface area contributed by atoms with E-state index in [-0.39, 0.29) is 6.17 Å². The smallest absolute Gasteiger partial charge is 0.159 e. The summed E-state index contributed by atoms with van der Waals surface area (Å²) in [5.74, 6) is 1.40. The van der Waals surface area contributed by atoms with Crippen molar-refractivity contribution < 1.29 is 8.83 Å². The fraction of sp³-hybridized carbons (Fsp3) is 0.0222. The van der Waals surface area contributed by atoms with Gasteiger partial charge in [0.2, 0.25) is 0 Å². The fourth-order valence-corrected chi connectivity index (χ4v) is 6.99. The van der Waals surface area contributed by atoms with Gasteiger partial charge in [-0.05, 0) is 58.7 Å². The minimum absolute atomic E-state index is 0.375. The average molecular weight is 644 g/mol. The zero-order chi connectivity index (χ0) is 33.0. The van der Waals surface area contributed by atoms with Crippen LogP contribution in [0, 0.1) is 0 Å². The van der Waals surface area contributed by atoms with Gasteiger partial charge in [-0.1, -0.05) is 127 Å². The van der Waals surface area contributed by atoms with E-state index in [2.05, 4.69) is 115 Å². The number of hydrogen-bond acceptors (Lipinski definition) is 5. The Balaban J connectivity index is 1.01. The summed E-state index contributed by atoms with van der Waals surface area (Å²) in [4.78, 5) is 10.1. The van der Waals surface area contributed by atoms with Crippen molar-refractivity contribution in [1.82, 2.24) is 5.32 Å². The zero-order valence-corrected chi connectivity index (χ0v) is 26.9. The molecular formula is C45H29N3O2. The first-order valence-electron chi connectivity index (χ1n) is 16.8. The maximum atomic E-state index is 6.43. The summed E-state index contributed by atoms with van der Waals surface area (Å²) in [7, 11) is 0. The molecule has 0 bridgehead atoms. The first kappa shape index (κ1) is 28.3. The maximum absolute atomic E-state index is 6.43. The summed E-state index contributed by atoms with van der Waals surface area (Å²) in [5.41, 5.74) is 11.0. The Morgan fingerprint density at radius 1 is 0.400 bits per heavy atom. The molecule has 236 valence electrons. The molecule has 50 heavy (non-hydrogen) atoms. The number of furan rings is 2. The number of amidine groups is 2. The van der Waals surface area contributed by atoms with E-state index in [1.165, 1.54) is 16.7 Å². The molecule has 1 N–H and O–H groups in total. The first-order valence-corrected chi connectivity index (χ1v) is 16.8. The summed E-state index contributed by atoms with van der Waals surface area (Å²) in [6.45, 7) is 0. The number of rotatable bonds is 5. The fourth-order valence-electron chi connectivity index (χ4n) is 6.99. The number of para-hydroxylation sites is 1. The zero-order valence-electron chi connectivity index (χ0n) is 26.9. The van der Waals surface area contributed by atoms with Gasteiger partial charge in [0.1, 0.15) is 34.3 Å². The number of hydrogen-bond donors (Lipinski definition) is 1. The molecule has 3 heterocycles. The lowest BCUT2D eigenvalue weighted by Gasteiger charge is -2.23. The molecule has 1 atom stereocenters. The standard InChI is InChI=1S/C45H29N3O2/c1-3-9-28(10-4-1)29-15-17-30(18-16-29)32-21-24-40-38(25-32)37-23-20-34(27-42(37)50-40)45-47-43(31-11-5-2-6-12-31)46-44(48-45)33-19-22-36-35-13-7-8-14-39(35)49-41(36)26-33/h1-27,45H,(H,46,47,48). The van der Waals surface area contributed by atoms with Crippen LogP contribution in [0.2, 0.25) is 0 Å². The van der Waals surface area contributed by atoms with Crippen LogP contribution in [0.25, 0.3) is 66.1 Å². The lowest BCUT2D eigenvalue weighted by atomic mass is 9.99. The highest BCUT2D eigenvalue weighted by Gasteiger charge is 2.23. The summed E-state index contributed by atoms with van der Waals surface area (Å²) in [6, 6.07) is 56.5. The van der Waals surface area contributed by atoms with Gasteiger partial charge in [0.15, 0.2) is 5.84 Å². The summed E-state index contributed by atoms with van der Waals surface area (Å²) >= 11 is 0.